The van der Waals surface area contributed by atoms with Crippen molar-refractivity contribution >= 4 is 15.7 Å². The second-order valence-electron chi connectivity index (χ2n) is 6.62. The highest BCUT2D eigenvalue weighted by atomic mass is 32.2. The topological polar surface area (TPSA) is 102 Å². The number of hydrogen-bond donors (Lipinski definition) is 3. The molecule has 0 fully saturated rings. The van der Waals surface area contributed by atoms with Gasteiger partial charge in [0.1, 0.15) is 6.10 Å². The van der Waals surface area contributed by atoms with Gasteiger partial charge in [0.05, 0.1) is 24.2 Å². The number of sulfonamides is 1. The van der Waals surface area contributed by atoms with Gasteiger partial charge in [0.15, 0.2) is 0 Å². The Balaban J connectivity index is 1.82. The lowest BCUT2D eigenvalue weighted by molar-refractivity contribution is -0.00891. The molecule has 6 nitrogen and oxygen atoms in total. The summed E-state index contributed by atoms with van der Waals surface area (Å²) in [5.41, 5.74) is 2.64. The first-order valence-corrected chi connectivity index (χ1v) is 10.7. The number of aliphatic hydroxyl groups is 1. The molecule has 0 spiro atoms. The first kappa shape index (κ1) is 21.0. The van der Waals surface area contributed by atoms with E-state index in [1.54, 1.807) is 12.1 Å². The lowest BCUT2D eigenvalue weighted by Crippen LogP contribution is -2.31. The van der Waals surface area contributed by atoms with E-state index in [1.807, 2.05) is 60.7 Å². The molecule has 3 aromatic rings. The normalized spacial score (nSPS) is 13.6. The third-order valence-electron chi connectivity index (χ3n) is 4.52. The van der Waals surface area contributed by atoms with E-state index in [-0.39, 0.29) is 17.5 Å². The van der Waals surface area contributed by atoms with Gasteiger partial charge in [0, 0.05) is 5.69 Å². The van der Waals surface area contributed by atoms with Gasteiger partial charge in [-0.05, 0) is 35.4 Å². The molecule has 7 heteroatoms. The van der Waals surface area contributed by atoms with Crippen LogP contribution in [0.1, 0.15) is 17.2 Å². The largest absolute Gasteiger partial charge is 0.394 e. The zero-order valence-corrected chi connectivity index (χ0v) is 16.6. The van der Waals surface area contributed by atoms with Gasteiger partial charge >= 0.3 is 0 Å². The van der Waals surface area contributed by atoms with Crippen LogP contribution in [0.4, 0.5) is 5.69 Å². The van der Waals surface area contributed by atoms with Crippen molar-refractivity contribution in [2.45, 2.75) is 23.6 Å². The van der Waals surface area contributed by atoms with Gasteiger partial charge in [-0.3, -0.25) is 0 Å². The maximum atomic E-state index is 11.5. The number of nitrogens with one attached hydrogen (secondary N) is 1. The van der Waals surface area contributed by atoms with Crippen LogP contribution in [0.5, 0.6) is 0 Å². The summed E-state index contributed by atoms with van der Waals surface area (Å²) in [4.78, 5) is 0.0401. The van der Waals surface area contributed by atoms with E-state index in [9.17, 15) is 13.5 Å². The quantitative estimate of drug-likeness (QED) is 0.501. The van der Waals surface area contributed by atoms with Crippen molar-refractivity contribution in [1.29, 1.82) is 0 Å². The number of rotatable bonds is 9. The third-order valence-corrected chi connectivity index (χ3v) is 5.45. The zero-order chi connectivity index (χ0) is 20.7. The Morgan fingerprint density at radius 3 is 2.03 bits per heavy atom. The molecule has 0 aromatic heterocycles. The molecule has 0 amide bonds. The highest BCUT2D eigenvalue weighted by Crippen LogP contribution is 2.26. The minimum atomic E-state index is -3.75. The summed E-state index contributed by atoms with van der Waals surface area (Å²) in [6, 6.07) is 25.2. The Bertz CT molecular complexity index is 994. The standard InChI is InChI=1S/C22H24N2O4S/c23-29(26,27)20-13-11-19(12-14-20)24-22(18-9-5-2-6-10-18)21(15-25)28-16-17-7-3-1-4-8-17/h1-14,21-22,24-25H,15-16H2,(H2,23,26,27)/t21-,22+/m0/s1. The molecular weight excluding hydrogens is 388 g/mol. The van der Waals surface area contributed by atoms with Gasteiger partial charge in [0.25, 0.3) is 0 Å². The molecule has 0 aliphatic heterocycles. The lowest BCUT2D eigenvalue weighted by Gasteiger charge is -2.28. The molecule has 0 saturated carbocycles. The highest BCUT2D eigenvalue weighted by molar-refractivity contribution is 7.89. The predicted octanol–water partition coefficient (Wildman–Crippen LogP) is 3.06. The number of ether oxygens (including phenoxy) is 1. The summed E-state index contributed by atoms with van der Waals surface area (Å²) in [6.45, 7) is 0.177. The van der Waals surface area contributed by atoms with Gasteiger partial charge in [-0.2, -0.15) is 0 Å². The summed E-state index contributed by atoms with van der Waals surface area (Å²) in [5, 5.41) is 18.5. The van der Waals surface area contributed by atoms with Crippen LogP contribution in [-0.2, 0) is 21.4 Å². The Morgan fingerprint density at radius 1 is 0.897 bits per heavy atom. The molecule has 0 unspecified atom stereocenters. The van der Waals surface area contributed by atoms with Crippen molar-refractivity contribution in [3.8, 4) is 0 Å². The Labute approximate surface area is 171 Å². The Morgan fingerprint density at radius 2 is 1.48 bits per heavy atom. The average Bonchev–Trinajstić information content (AvgIpc) is 2.74. The van der Waals surface area contributed by atoms with Crippen molar-refractivity contribution in [3.63, 3.8) is 0 Å². The molecule has 3 rings (SSSR count). The molecule has 0 bridgehead atoms. The molecule has 152 valence electrons. The number of hydrogen-bond acceptors (Lipinski definition) is 5. The summed E-state index contributed by atoms with van der Waals surface area (Å²) >= 11 is 0. The summed E-state index contributed by atoms with van der Waals surface area (Å²) < 4.78 is 28.9. The lowest BCUT2D eigenvalue weighted by atomic mass is 10.0. The molecular formula is C22H24N2O4S. The molecule has 0 aliphatic rings. The number of nitrogens with two attached hydrogens (primary N) is 1. The number of primary sulfonamides is 1. The molecule has 3 aromatic carbocycles. The van der Waals surface area contributed by atoms with Gasteiger partial charge in [0.2, 0.25) is 10.0 Å². The monoisotopic (exact) mass is 412 g/mol. The number of benzene rings is 3. The van der Waals surface area contributed by atoms with Crippen LogP contribution < -0.4 is 10.5 Å². The maximum Gasteiger partial charge on any atom is 0.238 e. The SMILES string of the molecule is NS(=O)(=O)c1ccc(N[C@H](c2ccccc2)[C@H](CO)OCc2ccccc2)cc1. The molecule has 0 saturated heterocycles. The first-order valence-electron chi connectivity index (χ1n) is 9.18. The van der Waals surface area contributed by atoms with Gasteiger partial charge in [-0.25, -0.2) is 13.6 Å². The fourth-order valence-corrected chi connectivity index (χ4v) is 3.52. The molecule has 0 radical (unpaired) electrons. The van der Waals surface area contributed by atoms with Crippen molar-refractivity contribution in [2.75, 3.05) is 11.9 Å². The molecule has 2 atom stereocenters. The third kappa shape index (κ3) is 5.88. The van der Waals surface area contributed by atoms with Crippen molar-refractivity contribution in [2.24, 2.45) is 5.14 Å². The van der Waals surface area contributed by atoms with E-state index < -0.39 is 16.1 Å². The van der Waals surface area contributed by atoms with E-state index in [0.717, 1.165) is 11.1 Å². The molecule has 0 heterocycles. The predicted molar refractivity (Wildman–Crippen MR) is 113 cm³/mol. The van der Waals surface area contributed by atoms with Gasteiger partial charge in [-0.15, -0.1) is 0 Å². The minimum Gasteiger partial charge on any atom is -0.394 e. The summed E-state index contributed by atoms with van der Waals surface area (Å²) in [5.74, 6) is 0. The van der Waals surface area contributed by atoms with Crippen molar-refractivity contribution < 1.29 is 18.3 Å². The van der Waals surface area contributed by atoms with E-state index in [0.29, 0.717) is 12.3 Å². The zero-order valence-electron chi connectivity index (χ0n) is 15.8. The summed E-state index contributed by atoms with van der Waals surface area (Å²) in [7, 11) is -3.75. The van der Waals surface area contributed by atoms with Crippen LogP contribution in [0.25, 0.3) is 0 Å². The Kier molecular flexibility index (Phi) is 7.00. The maximum absolute atomic E-state index is 11.5. The van der Waals surface area contributed by atoms with Crippen LogP contribution in [-0.4, -0.2) is 26.2 Å². The number of anilines is 1. The average molecular weight is 413 g/mol. The molecule has 0 aliphatic carbocycles. The fraction of sp³-hybridized carbons (Fsp3) is 0.182. The van der Waals surface area contributed by atoms with Crippen LogP contribution in [0.15, 0.2) is 89.8 Å². The first-order chi connectivity index (χ1) is 14.0. The van der Waals surface area contributed by atoms with E-state index in [4.69, 9.17) is 9.88 Å². The molecule has 4 N–H and O–H groups in total. The van der Waals surface area contributed by atoms with Crippen LogP contribution in [0, 0.1) is 0 Å². The van der Waals surface area contributed by atoms with Gasteiger partial charge < -0.3 is 15.2 Å². The second-order valence-corrected chi connectivity index (χ2v) is 8.18. The minimum absolute atomic E-state index is 0.0401. The smallest absolute Gasteiger partial charge is 0.238 e. The highest BCUT2D eigenvalue weighted by Gasteiger charge is 2.24. The van der Waals surface area contributed by atoms with E-state index >= 15 is 0 Å². The van der Waals surface area contributed by atoms with Crippen molar-refractivity contribution in [3.05, 3.63) is 96.1 Å². The fourth-order valence-electron chi connectivity index (χ4n) is 3.00. The van der Waals surface area contributed by atoms with Gasteiger partial charge in [-0.1, -0.05) is 60.7 Å². The van der Waals surface area contributed by atoms with Crippen molar-refractivity contribution in [1.82, 2.24) is 0 Å². The van der Waals surface area contributed by atoms with Crippen LogP contribution in [0.3, 0.4) is 0 Å². The van der Waals surface area contributed by atoms with E-state index in [2.05, 4.69) is 5.32 Å². The van der Waals surface area contributed by atoms with Crippen LogP contribution in [0.2, 0.25) is 0 Å². The Hall–Kier alpha value is -2.71. The molecule has 29 heavy (non-hydrogen) atoms. The van der Waals surface area contributed by atoms with E-state index in [1.165, 1.54) is 12.1 Å². The van der Waals surface area contributed by atoms with Crippen LogP contribution >= 0.6 is 0 Å². The summed E-state index contributed by atoms with van der Waals surface area (Å²) in [6.07, 6.45) is -0.518. The second kappa shape index (κ2) is 9.67. The number of aliphatic hydroxyl groups excluding tert-OH is 1.